The van der Waals surface area contributed by atoms with Crippen LogP contribution in [0.15, 0.2) is 0 Å². The molecule has 1 saturated heterocycles. The number of ether oxygens (including phenoxy) is 3. The fourth-order valence-corrected chi connectivity index (χ4v) is 1.31. The molecule has 0 unspecified atom stereocenters. The topological polar surface area (TPSA) is 47.9 Å². The molecular formula is C8H16O4. The van der Waals surface area contributed by atoms with Crippen LogP contribution in [0.1, 0.15) is 12.8 Å². The highest BCUT2D eigenvalue weighted by molar-refractivity contribution is 4.71. The van der Waals surface area contributed by atoms with Gasteiger partial charge < -0.3 is 19.3 Å². The normalized spacial score (nSPS) is 22.5. The van der Waals surface area contributed by atoms with Crippen molar-refractivity contribution in [1.29, 1.82) is 0 Å². The second-order valence-electron chi connectivity index (χ2n) is 2.87. The maximum Gasteiger partial charge on any atom is 0.193 e. The second-order valence-corrected chi connectivity index (χ2v) is 2.87. The number of aliphatic hydroxyl groups is 1. The Bertz CT molecular complexity index is 105. The molecule has 1 rings (SSSR count). The molecule has 12 heavy (non-hydrogen) atoms. The Morgan fingerprint density at radius 1 is 1.42 bits per heavy atom. The summed E-state index contributed by atoms with van der Waals surface area (Å²) in [6, 6.07) is 0. The van der Waals surface area contributed by atoms with E-state index in [0.717, 1.165) is 6.42 Å². The molecule has 4 nitrogen and oxygen atoms in total. The van der Waals surface area contributed by atoms with Gasteiger partial charge in [0.1, 0.15) is 6.61 Å². The van der Waals surface area contributed by atoms with Gasteiger partial charge in [0.05, 0.1) is 13.2 Å². The van der Waals surface area contributed by atoms with Gasteiger partial charge in [-0.3, -0.25) is 0 Å². The molecule has 1 N–H and O–H groups in total. The van der Waals surface area contributed by atoms with Gasteiger partial charge in [-0.2, -0.15) is 0 Å². The van der Waals surface area contributed by atoms with Crippen molar-refractivity contribution >= 4 is 0 Å². The van der Waals surface area contributed by atoms with Crippen LogP contribution in [0.25, 0.3) is 0 Å². The van der Waals surface area contributed by atoms with Gasteiger partial charge in [0.15, 0.2) is 5.79 Å². The highest BCUT2D eigenvalue weighted by Crippen LogP contribution is 2.22. The van der Waals surface area contributed by atoms with Gasteiger partial charge in [-0.25, -0.2) is 0 Å². The standard InChI is InChI=1S/C8H16O4/c1-10-7-8(3-4-9)11-5-2-6-12-8/h9H,2-7H2,1H3. The van der Waals surface area contributed by atoms with E-state index in [-0.39, 0.29) is 6.61 Å². The molecule has 0 spiro atoms. The molecule has 0 aliphatic carbocycles. The van der Waals surface area contributed by atoms with E-state index in [2.05, 4.69) is 0 Å². The molecule has 1 heterocycles. The van der Waals surface area contributed by atoms with Gasteiger partial charge in [-0.15, -0.1) is 0 Å². The van der Waals surface area contributed by atoms with Crippen molar-refractivity contribution in [3.63, 3.8) is 0 Å². The van der Waals surface area contributed by atoms with Gasteiger partial charge in [0.25, 0.3) is 0 Å². The summed E-state index contributed by atoms with van der Waals surface area (Å²) in [5.74, 6) is -0.693. The molecule has 0 aromatic carbocycles. The Balaban J connectivity index is 2.44. The molecule has 72 valence electrons. The molecule has 4 heteroatoms. The maximum absolute atomic E-state index is 8.79. The average molecular weight is 176 g/mol. The Morgan fingerprint density at radius 2 is 2.08 bits per heavy atom. The van der Waals surface area contributed by atoms with E-state index in [1.807, 2.05) is 0 Å². The van der Waals surface area contributed by atoms with Crippen LogP contribution < -0.4 is 0 Å². The summed E-state index contributed by atoms with van der Waals surface area (Å²) in [6.45, 7) is 1.81. The third-order valence-electron chi connectivity index (χ3n) is 1.88. The van der Waals surface area contributed by atoms with Crippen LogP contribution >= 0.6 is 0 Å². The van der Waals surface area contributed by atoms with Crippen LogP contribution in [0.5, 0.6) is 0 Å². The first-order valence-electron chi connectivity index (χ1n) is 4.21. The van der Waals surface area contributed by atoms with Crippen molar-refractivity contribution < 1.29 is 19.3 Å². The van der Waals surface area contributed by atoms with Gasteiger partial charge in [0.2, 0.25) is 0 Å². The number of methoxy groups -OCH3 is 1. The van der Waals surface area contributed by atoms with E-state index in [4.69, 9.17) is 19.3 Å². The highest BCUT2D eigenvalue weighted by atomic mass is 16.7. The van der Waals surface area contributed by atoms with E-state index in [1.54, 1.807) is 7.11 Å². The first-order chi connectivity index (χ1) is 5.83. The zero-order chi connectivity index (χ0) is 8.86. The molecule has 1 aliphatic rings. The zero-order valence-electron chi connectivity index (χ0n) is 7.41. The van der Waals surface area contributed by atoms with E-state index in [9.17, 15) is 0 Å². The molecular weight excluding hydrogens is 160 g/mol. The largest absolute Gasteiger partial charge is 0.396 e. The Labute approximate surface area is 72.4 Å². The fraction of sp³-hybridized carbons (Fsp3) is 1.00. The van der Waals surface area contributed by atoms with Crippen molar-refractivity contribution in [3.8, 4) is 0 Å². The van der Waals surface area contributed by atoms with Crippen LogP contribution in [-0.2, 0) is 14.2 Å². The Hall–Kier alpha value is -0.160. The molecule has 0 saturated carbocycles. The highest BCUT2D eigenvalue weighted by Gasteiger charge is 2.33. The van der Waals surface area contributed by atoms with Gasteiger partial charge in [-0.1, -0.05) is 0 Å². The quantitative estimate of drug-likeness (QED) is 0.662. The smallest absolute Gasteiger partial charge is 0.193 e. The lowest BCUT2D eigenvalue weighted by atomic mass is 10.2. The monoisotopic (exact) mass is 176 g/mol. The predicted octanol–water partition coefficient (Wildman–Crippen LogP) is 0.148. The summed E-state index contributed by atoms with van der Waals surface area (Å²) in [5, 5.41) is 8.79. The summed E-state index contributed by atoms with van der Waals surface area (Å²) in [7, 11) is 1.60. The molecule has 0 radical (unpaired) electrons. The molecule has 0 aromatic rings. The molecule has 0 atom stereocenters. The molecule has 1 fully saturated rings. The lowest BCUT2D eigenvalue weighted by molar-refractivity contribution is -0.289. The van der Waals surface area contributed by atoms with Gasteiger partial charge >= 0.3 is 0 Å². The maximum atomic E-state index is 8.79. The van der Waals surface area contributed by atoms with E-state index < -0.39 is 5.79 Å². The molecule has 0 bridgehead atoms. The number of rotatable bonds is 4. The lowest BCUT2D eigenvalue weighted by Crippen LogP contribution is -2.45. The molecule has 0 amide bonds. The van der Waals surface area contributed by atoms with E-state index >= 15 is 0 Å². The van der Waals surface area contributed by atoms with Crippen LogP contribution in [0.2, 0.25) is 0 Å². The fourth-order valence-electron chi connectivity index (χ4n) is 1.31. The number of hydrogen-bond acceptors (Lipinski definition) is 4. The van der Waals surface area contributed by atoms with Gasteiger partial charge in [0, 0.05) is 20.1 Å². The van der Waals surface area contributed by atoms with Crippen molar-refractivity contribution in [2.45, 2.75) is 18.6 Å². The lowest BCUT2D eigenvalue weighted by Gasteiger charge is -2.36. The minimum Gasteiger partial charge on any atom is -0.396 e. The van der Waals surface area contributed by atoms with Crippen LogP contribution in [0, 0.1) is 0 Å². The third kappa shape index (κ3) is 2.42. The van der Waals surface area contributed by atoms with Crippen LogP contribution in [-0.4, -0.2) is 44.4 Å². The first-order valence-corrected chi connectivity index (χ1v) is 4.21. The minimum absolute atomic E-state index is 0.0589. The summed E-state index contributed by atoms with van der Waals surface area (Å²) in [5.41, 5.74) is 0. The number of aliphatic hydroxyl groups excluding tert-OH is 1. The van der Waals surface area contributed by atoms with Crippen molar-refractivity contribution in [3.05, 3.63) is 0 Å². The minimum atomic E-state index is -0.693. The Morgan fingerprint density at radius 3 is 2.58 bits per heavy atom. The SMILES string of the molecule is COCC1(CCO)OCCCO1. The molecule has 0 aromatic heterocycles. The van der Waals surface area contributed by atoms with E-state index in [0.29, 0.717) is 26.2 Å². The zero-order valence-corrected chi connectivity index (χ0v) is 7.41. The van der Waals surface area contributed by atoms with Gasteiger partial charge in [-0.05, 0) is 6.42 Å². The second kappa shape index (κ2) is 4.77. The van der Waals surface area contributed by atoms with E-state index in [1.165, 1.54) is 0 Å². The summed E-state index contributed by atoms with van der Waals surface area (Å²) in [4.78, 5) is 0. The van der Waals surface area contributed by atoms with Crippen molar-refractivity contribution in [1.82, 2.24) is 0 Å². The first kappa shape index (κ1) is 9.92. The number of hydrogen-bond donors (Lipinski definition) is 1. The summed E-state index contributed by atoms with van der Waals surface area (Å²) < 4.78 is 15.9. The van der Waals surface area contributed by atoms with Crippen LogP contribution in [0.3, 0.4) is 0 Å². The predicted molar refractivity (Wildman–Crippen MR) is 42.8 cm³/mol. The summed E-state index contributed by atoms with van der Waals surface area (Å²) in [6.07, 6.45) is 1.39. The summed E-state index contributed by atoms with van der Waals surface area (Å²) >= 11 is 0. The Kier molecular flexibility index (Phi) is 3.94. The molecule has 1 aliphatic heterocycles. The average Bonchev–Trinajstić information content (AvgIpc) is 2.07. The van der Waals surface area contributed by atoms with Crippen molar-refractivity contribution in [2.24, 2.45) is 0 Å². The van der Waals surface area contributed by atoms with Crippen LogP contribution in [0.4, 0.5) is 0 Å². The third-order valence-corrected chi connectivity index (χ3v) is 1.88. The van der Waals surface area contributed by atoms with Crippen molar-refractivity contribution in [2.75, 3.05) is 33.5 Å².